The molecule has 1 amide bonds. The van der Waals surface area contributed by atoms with Crippen LogP contribution in [-0.4, -0.2) is 11.3 Å². The minimum Gasteiger partial charge on any atom is -0.343 e. The molecule has 2 unspecified atom stereocenters. The van der Waals surface area contributed by atoms with Gasteiger partial charge in [-0.1, -0.05) is 36.4 Å². The molecule has 2 nitrogen and oxygen atoms in total. The van der Waals surface area contributed by atoms with Crippen LogP contribution in [0.15, 0.2) is 47.8 Å². The number of thiophene rings is 1. The van der Waals surface area contributed by atoms with Crippen molar-refractivity contribution in [2.45, 2.75) is 18.3 Å². The molecule has 1 aromatic heterocycles. The van der Waals surface area contributed by atoms with Crippen LogP contribution < -0.4 is 5.32 Å². The number of benzene rings is 1. The first-order valence-electron chi connectivity index (χ1n) is 5.71. The highest BCUT2D eigenvalue weighted by Gasteiger charge is 2.19. The molecule has 1 heterocycles. The topological polar surface area (TPSA) is 29.1 Å². The Morgan fingerprint density at radius 1 is 1.22 bits per heavy atom. The molecule has 0 fully saturated rings. The van der Waals surface area contributed by atoms with E-state index in [9.17, 15) is 4.79 Å². The molecule has 18 heavy (non-hydrogen) atoms. The molecule has 0 saturated carbocycles. The number of rotatable bonds is 4. The Hall–Kier alpha value is -1.32. The normalized spacial score (nSPS) is 13.9. The third-order valence-corrected chi connectivity index (χ3v) is 3.74. The van der Waals surface area contributed by atoms with Crippen molar-refractivity contribution in [2.24, 2.45) is 0 Å². The predicted octanol–water partition coefficient (Wildman–Crippen LogP) is 3.58. The summed E-state index contributed by atoms with van der Waals surface area (Å²) in [6.07, 6.45) is 0. The van der Waals surface area contributed by atoms with Crippen LogP contribution in [0, 0.1) is 0 Å². The van der Waals surface area contributed by atoms with Crippen molar-refractivity contribution in [3.8, 4) is 0 Å². The standard InChI is InChI=1S/C14H14ClNOS/c1-10(15)14(17)16-13(12-8-5-9-18-12)11-6-3-2-4-7-11/h2-10,13H,1H3,(H,16,17). The SMILES string of the molecule is CC(Cl)C(=O)NC(c1ccccc1)c1cccs1. The van der Waals surface area contributed by atoms with E-state index in [0.717, 1.165) is 10.4 Å². The van der Waals surface area contributed by atoms with Crippen molar-refractivity contribution >= 4 is 28.8 Å². The molecule has 94 valence electrons. The van der Waals surface area contributed by atoms with Gasteiger partial charge in [0.2, 0.25) is 5.91 Å². The molecule has 0 saturated heterocycles. The second-order valence-electron chi connectivity index (χ2n) is 3.98. The fraction of sp³-hybridized carbons (Fsp3) is 0.214. The molecule has 1 N–H and O–H groups in total. The number of amides is 1. The summed E-state index contributed by atoms with van der Waals surface area (Å²) in [5, 5.41) is 4.44. The molecular formula is C14H14ClNOS. The maximum atomic E-state index is 11.8. The Morgan fingerprint density at radius 3 is 2.50 bits per heavy atom. The molecule has 0 radical (unpaired) electrons. The van der Waals surface area contributed by atoms with Crippen molar-refractivity contribution in [1.29, 1.82) is 0 Å². The molecule has 2 atom stereocenters. The van der Waals surface area contributed by atoms with Gasteiger partial charge in [-0.05, 0) is 23.9 Å². The van der Waals surface area contributed by atoms with E-state index in [1.165, 1.54) is 0 Å². The zero-order valence-electron chi connectivity index (χ0n) is 9.97. The Kier molecular flexibility index (Phi) is 4.39. The van der Waals surface area contributed by atoms with Crippen molar-refractivity contribution in [1.82, 2.24) is 5.32 Å². The first kappa shape index (κ1) is 13.1. The van der Waals surface area contributed by atoms with Crippen molar-refractivity contribution in [3.63, 3.8) is 0 Å². The van der Waals surface area contributed by atoms with Crippen LogP contribution in [0.5, 0.6) is 0 Å². The first-order valence-corrected chi connectivity index (χ1v) is 7.03. The van der Waals surface area contributed by atoms with Gasteiger partial charge in [0.25, 0.3) is 0 Å². The van der Waals surface area contributed by atoms with Gasteiger partial charge in [-0.15, -0.1) is 22.9 Å². The molecule has 4 heteroatoms. The maximum Gasteiger partial charge on any atom is 0.238 e. The van der Waals surface area contributed by atoms with E-state index < -0.39 is 5.38 Å². The van der Waals surface area contributed by atoms with E-state index in [-0.39, 0.29) is 11.9 Å². The smallest absolute Gasteiger partial charge is 0.238 e. The lowest BCUT2D eigenvalue weighted by Crippen LogP contribution is -2.33. The highest BCUT2D eigenvalue weighted by atomic mass is 35.5. The summed E-state index contributed by atoms with van der Waals surface area (Å²) in [7, 11) is 0. The summed E-state index contributed by atoms with van der Waals surface area (Å²) in [5.74, 6) is -0.154. The minimum absolute atomic E-state index is 0.125. The Balaban J connectivity index is 2.27. The third kappa shape index (κ3) is 3.12. The van der Waals surface area contributed by atoms with Crippen molar-refractivity contribution < 1.29 is 4.79 Å². The third-order valence-electron chi connectivity index (χ3n) is 2.61. The molecule has 0 bridgehead atoms. The molecule has 0 aliphatic carbocycles. The van der Waals surface area contributed by atoms with E-state index in [1.807, 2.05) is 47.8 Å². The zero-order valence-corrected chi connectivity index (χ0v) is 11.5. The molecule has 2 aromatic rings. The quantitative estimate of drug-likeness (QED) is 0.852. The number of carbonyl (C=O) groups excluding carboxylic acids is 1. The number of halogens is 1. The predicted molar refractivity (Wildman–Crippen MR) is 76.1 cm³/mol. The van der Waals surface area contributed by atoms with Gasteiger partial charge in [0.1, 0.15) is 5.38 Å². The van der Waals surface area contributed by atoms with Gasteiger partial charge >= 0.3 is 0 Å². The number of carbonyl (C=O) groups is 1. The van der Waals surface area contributed by atoms with Crippen LogP contribution in [0.1, 0.15) is 23.4 Å². The van der Waals surface area contributed by atoms with Gasteiger partial charge < -0.3 is 5.32 Å². The fourth-order valence-corrected chi connectivity index (χ4v) is 2.54. The van der Waals surface area contributed by atoms with Crippen molar-refractivity contribution in [2.75, 3.05) is 0 Å². The van der Waals surface area contributed by atoms with Gasteiger partial charge in [0, 0.05) is 4.88 Å². The number of hydrogen-bond donors (Lipinski definition) is 1. The van der Waals surface area contributed by atoms with Crippen LogP contribution in [-0.2, 0) is 4.79 Å². The van der Waals surface area contributed by atoms with Gasteiger partial charge in [-0.3, -0.25) is 4.79 Å². The Labute approximate surface area is 116 Å². The lowest BCUT2D eigenvalue weighted by Gasteiger charge is -2.18. The average molecular weight is 280 g/mol. The monoisotopic (exact) mass is 279 g/mol. The van der Waals surface area contributed by atoms with E-state index >= 15 is 0 Å². The summed E-state index contributed by atoms with van der Waals surface area (Å²) in [4.78, 5) is 12.9. The highest BCUT2D eigenvalue weighted by Crippen LogP contribution is 2.26. The second kappa shape index (κ2) is 6.03. The first-order chi connectivity index (χ1) is 8.68. The van der Waals surface area contributed by atoms with Gasteiger partial charge in [0.15, 0.2) is 0 Å². The van der Waals surface area contributed by atoms with Crippen LogP contribution in [0.25, 0.3) is 0 Å². The lowest BCUT2D eigenvalue weighted by molar-refractivity contribution is -0.120. The number of hydrogen-bond acceptors (Lipinski definition) is 2. The fourth-order valence-electron chi connectivity index (χ4n) is 1.68. The minimum atomic E-state index is -0.531. The summed E-state index contributed by atoms with van der Waals surface area (Å²) in [5.41, 5.74) is 1.06. The molecule has 0 aliphatic heterocycles. The zero-order chi connectivity index (χ0) is 13.0. The molecular weight excluding hydrogens is 266 g/mol. The summed E-state index contributed by atoms with van der Waals surface area (Å²) in [6, 6.07) is 13.8. The maximum absolute atomic E-state index is 11.8. The van der Waals surface area contributed by atoms with Crippen LogP contribution >= 0.6 is 22.9 Å². The average Bonchev–Trinajstić information content (AvgIpc) is 2.90. The van der Waals surface area contributed by atoms with Gasteiger partial charge in [-0.2, -0.15) is 0 Å². The van der Waals surface area contributed by atoms with E-state index in [2.05, 4.69) is 5.32 Å². The molecule has 0 spiro atoms. The Bertz CT molecular complexity index is 496. The molecule has 1 aromatic carbocycles. The molecule has 2 rings (SSSR count). The Morgan fingerprint density at radius 2 is 1.94 bits per heavy atom. The number of alkyl halides is 1. The van der Waals surface area contributed by atoms with Gasteiger partial charge in [-0.25, -0.2) is 0 Å². The summed E-state index contributed by atoms with van der Waals surface area (Å²) < 4.78 is 0. The largest absolute Gasteiger partial charge is 0.343 e. The summed E-state index contributed by atoms with van der Waals surface area (Å²) in [6.45, 7) is 1.67. The highest BCUT2D eigenvalue weighted by molar-refractivity contribution is 7.10. The summed E-state index contributed by atoms with van der Waals surface area (Å²) >= 11 is 7.43. The lowest BCUT2D eigenvalue weighted by atomic mass is 10.1. The van der Waals surface area contributed by atoms with Crippen LogP contribution in [0.3, 0.4) is 0 Å². The molecule has 0 aliphatic rings. The van der Waals surface area contributed by atoms with E-state index in [4.69, 9.17) is 11.6 Å². The van der Waals surface area contributed by atoms with Crippen LogP contribution in [0.4, 0.5) is 0 Å². The van der Waals surface area contributed by atoms with E-state index in [1.54, 1.807) is 18.3 Å². The second-order valence-corrected chi connectivity index (χ2v) is 5.62. The van der Waals surface area contributed by atoms with Crippen LogP contribution in [0.2, 0.25) is 0 Å². The van der Waals surface area contributed by atoms with E-state index in [0.29, 0.717) is 0 Å². The van der Waals surface area contributed by atoms with Crippen molar-refractivity contribution in [3.05, 3.63) is 58.3 Å². The number of nitrogens with one attached hydrogen (secondary N) is 1. The van der Waals surface area contributed by atoms with Gasteiger partial charge in [0.05, 0.1) is 6.04 Å².